The number of amides is 1. The van der Waals surface area contributed by atoms with Crippen LogP contribution in [-0.2, 0) is 11.3 Å². The van der Waals surface area contributed by atoms with Gasteiger partial charge >= 0.3 is 0 Å². The average molecular weight is 379 g/mol. The molecule has 2 bridgehead atoms. The van der Waals surface area contributed by atoms with Crippen LogP contribution in [0.5, 0.6) is 0 Å². The maximum atomic E-state index is 13.3. The fourth-order valence-electron chi connectivity index (χ4n) is 4.61. The van der Waals surface area contributed by atoms with E-state index in [1.54, 1.807) is 23.0 Å². The predicted molar refractivity (Wildman–Crippen MR) is 103 cm³/mol. The highest BCUT2D eigenvalue weighted by atomic mass is 16.2. The molecule has 1 unspecified atom stereocenters. The number of piperidine rings is 1. The number of rotatable bonds is 2. The maximum absolute atomic E-state index is 13.3. The van der Waals surface area contributed by atoms with Gasteiger partial charge in [0, 0.05) is 37.3 Å². The molecule has 3 aromatic heterocycles. The lowest BCUT2D eigenvalue weighted by molar-refractivity contribution is -0.137. The Hall–Kier alpha value is -3.23. The summed E-state index contributed by atoms with van der Waals surface area (Å²) in [5.74, 6) is 0.811. The lowest BCUT2D eigenvalue weighted by Gasteiger charge is -2.43. The molecule has 0 aromatic carbocycles. The van der Waals surface area contributed by atoms with Gasteiger partial charge in [0.2, 0.25) is 5.91 Å². The number of carbonyl (C=O) groups is 1. The van der Waals surface area contributed by atoms with E-state index in [1.165, 1.54) is 6.33 Å². The molecule has 0 saturated carbocycles. The number of likely N-dealkylation sites (tertiary alicyclic amines) is 1. The highest BCUT2D eigenvalue weighted by molar-refractivity contribution is 5.85. The van der Waals surface area contributed by atoms with E-state index in [4.69, 9.17) is 5.73 Å². The molecule has 9 heteroatoms. The van der Waals surface area contributed by atoms with Crippen LogP contribution in [0.25, 0.3) is 11.2 Å². The first-order chi connectivity index (χ1) is 13.5. The van der Waals surface area contributed by atoms with Crippen LogP contribution in [0.4, 0.5) is 5.82 Å². The van der Waals surface area contributed by atoms with Crippen LogP contribution >= 0.6 is 0 Å². The second kappa shape index (κ2) is 6.15. The van der Waals surface area contributed by atoms with Crippen molar-refractivity contribution in [3.63, 3.8) is 0 Å². The van der Waals surface area contributed by atoms with Crippen molar-refractivity contribution in [2.45, 2.75) is 31.8 Å². The van der Waals surface area contributed by atoms with Gasteiger partial charge in [-0.2, -0.15) is 0 Å². The van der Waals surface area contributed by atoms with Crippen LogP contribution in [0.3, 0.4) is 0 Å². The molecule has 5 rings (SSSR count). The van der Waals surface area contributed by atoms with E-state index in [1.807, 2.05) is 22.5 Å². The molecule has 1 amide bonds. The number of nitrogen functional groups attached to an aromatic ring is 1. The quantitative estimate of drug-likeness (QED) is 0.704. The van der Waals surface area contributed by atoms with Crippen molar-refractivity contribution in [1.29, 1.82) is 0 Å². The van der Waals surface area contributed by atoms with Crippen LogP contribution in [0.1, 0.15) is 31.0 Å². The molecular weight excluding hydrogens is 358 g/mol. The van der Waals surface area contributed by atoms with E-state index in [0.29, 0.717) is 42.5 Å². The monoisotopic (exact) mass is 379 g/mol. The number of imidazole rings is 1. The summed E-state index contributed by atoms with van der Waals surface area (Å²) >= 11 is 0. The van der Waals surface area contributed by atoms with E-state index in [-0.39, 0.29) is 17.4 Å². The molecule has 28 heavy (non-hydrogen) atoms. The lowest BCUT2D eigenvalue weighted by Crippen LogP contribution is -2.50. The third-order valence-electron chi connectivity index (χ3n) is 5.95. The van der Waals surface area contributed by atoms with Crippen molar-refractivity contribution in [1.82, 2.24) is 29.0 Å². The molecule has 2 aliphatic heterocycles. The molecule has 1 fully saturated rings. The van der Waals surface area contributed by atoms with Gasteiger partial charge in [-0.05, 0) is 25.3 Å². The van der Waals surface area contributed by atoms with Crippen LogP contribution in [-0.4, -0.2) is 48.0 Å². The summed E-state index contributed by atoms with van der Waals surface area (Å²) in [7, 11) is 0. The van der Waals surface area contributed by atoms with Crippen molar-refractivity contribution in [2.75, 3.05) is 18.8 Å². The zero-order valence-corrected chi connectivity index (χ0v) is 15.5. The molecule has 2 N–H and O–H groups in total. The predicted octanol–water partition coefficient (Wildman–Crippen LogP) is 0.777. The zero-order valence-electron chi connectivity index (χ0n) is 15.5. The van der Waals surface area contributed by atoms with Crippen LogP contribution in [0.15, 0.2) is 35.6 Å². The molecule has 144 valence electrons. The number of nitrogens with zero attached hydrogens (tertiary/aromatic N) is 6. The van der Waals surface area contributed by atoms with Gasteiger partial charge in [-0.1, -0.05) is 6.07 Å². The number of carbonyl (C=O) groups excluding carboxylic acids is 1. The first-order valence-corrected chi connectivity index (χ1v) is 9.44. The van der Waals surface area contributed by atoms with Crippen LogP contribution < -0.4 is 11.3 Å². The molecule has 3 atom stereocenters. The molecule has 0 spiro atoms. The summed E-state index contributed by atoms with van der Waals surface area (Å²) in [6, 6.07) is 4.96. The molecule has 5 heterocycles. The topological polar surface area (TPSA) is 112 Å². The molecule has 0 aliphatic carbocycles. The largest absolute Gasteiger partial charge is 0.382 e. The normalized spacial score (nSPS) is 22.1. The van der Waals surface area contributed by atoms with Crippen molar-refractivity contribution >= 4 is 22.9 Å². The third-order valence-corrected chi connectivity index (χ3v) is 5.95. The second-order valence-corrected chi connectivity index (χ2v) is 7.70. The van der Waals surface area contributed by atoms with E-state index in [9.17, 15) is 9.59 Å². The van der Waals surface area contributed by atoms with Gasteiger partial charge in [0.05, 0.1) is 6.33 Å². The Balaban J connectivity index is 1.43. The summed E-state index contributed by atoms with van der Waals surface area (Å²) in [5.41, 5.74) is 8.00. The van der Waals surface area contributed by atoms with Gasteiger partial charge in [0.25, 0.3) is 5.56 Å². The summed E-state index contributed by atoms with van der Waals surface area (Å²) in [5, 5.41) is 0. The number of nitrogens with two attached hydrogens (primary N) is 1. The smallest absolute Gasteiger partial charge is 0.250 e. The molecule has 1 saturated heterocycles. The van der Waals surface area contributed by atoms with Gasteiger partial charge in [-0.25, -0.2) is 15.0 Å². The Morgan fingerprint density at radius 1 is 1.21 bits per heavy atom. The number of hydrogen-bond acceptors (Lipinski definition) is 6. The van der Waals surface area contributed by atoms with Crippen LogP contribution in [0, 0.1) is 5.92 Å². The number of fused-ring (bicyclic) bond motifs is 5. The van der Waals surface area contributed by atoms with Crippen molar-refractivity contribution in [2.24, 2.45) is 5.92 Å². The average Bonchev–Trinajstić information content (AvgIpc) is 3.13. The fraction of sp³-hybridized carbons (Fsp3) is 0.421. The van der Waals surface area contributed by atoms with Crippen molar-refractivity contribution in [3.8, 4) is 0 Å². The molecule has 2 aliphatic rings. The minimum atomic E-state index is -0.448. The fourth-order valence-corrected chi connectivity index (χ4v) is 4.61. The van der Waals surface area contributed by atoms with E-state index in [0.717, 1.165) is 12.1 Å². The Kier molecular flexibility index (Phi) is 3.71. The van der Waals surface area contributed by atoms with Gasteiger partial charge in [-0.15, -0.1) is 0 Å². The Morgan fingerprint density at radius 3 is 2.93 bits per heavy atom. The highest BCUT2D eigenvalue weighted by Crippen LogP contribution is 2.35. The number of pyridine rings is 1. The summed E-state index contributed by atoms with van der Waals surface area (Å²) in [6.45, 7) is 3.79. The van der Waals surface area contributed by atoms with Crippen molar-refractivity contribution < 1.29 is 4.79 Å². The van der Waals surface area contributed by atoms with Crippen LogP contribution in [0.2, 0.25) is 0 Å². The van der Waals surface area contributed by atoms with Crippen molar-refractivity contribution in [3.05, 3.63) is 46.9 Å². The van der Waals surface area contributed by atoms with Gasteiger partial charge < -0.3 is 19.8 Å². The summed E-state index contributed by atoms with van der Waals surface area (Å²) in [4.78, 5) is 39.8. The second-order valence-electron chi connectivity index (χ2n) is 7.70. The summed E-state index contributed by atoms with van der Waals surface area (Å²) < 4.78 is 3.62. The molecule has 0 radical (unpaired) electrons. The minimum Gasteiger partial charge on any atom is -0.382 e. The van der Waals surface area contributed by atoms with E-state index >= 15 is 0 Å². The third kappa shape index (κ3) is 2.49. The van der Waals surface area contributed by atoms with Gasteiger partial charge in [0.15, 0.2) is 11.5 Å². The molecule has 3 aromatic rings. The number of aromatic nitrogens is 5. The Labute approximate surface area is 160 Å². The maximum Gasteiger partial charge on any atom is 0.250 e. The van der Waals surface area contributed by atoms with E-state index in [2.05, 4.69) is 15.0 Å². The number of hydrogen-bond donors (Lipinski definition) is 1. The number of anilines is 1. The Bertz CT molecular complexity index is 1130. The first kappa shape index (κ1) is 16.9. The highest BCUT2D eigenvalue weighted by Gasteiger charge is 2.37. The van der Waals surface area contributed by atoms with Gasteiger partial charge in [-0.3, -0.25) is 9.59 Å². The molecule has 9 nitrogen and oxygen atoms in total. The first-order valence-electron chi connectivity index (χ1n) is 9.44. The minimum absolute atomic E-state index is 0.0258. The summed E-state index contributed by atoms with van der Waals surface area (Å²) in [6.07, 6.45) is 3.99. The Morgan fingerprint density at radius 2 is 2.07 bits per heavy atom. The van der Waals surface area contributed by atoms with E-state index < -0.39 is 6.04 Å². The zero-order chi connectivity index (χ0) is 19.4. The SMILES string of the molecule is CC(C(=O)N1C[C@@H]2C[C@H](C1)c1cccc(=O)n1C2)n1cnc2c(N)ncnc21. The molecular formula is C19H21N7O2. The standard InChI is InChI=1S/C19H21N7O2/c1-11(26-10-23-16-17(20)21-9-22-18(16)26)19(28)24-6-12-5-13(8-24)14-3-2-4-15(27)25(14)7-12/h2-4,9-13H,5-8H2,1H3,(H2,20,21,22)/t11?,12-,13+/m0/s1. The lowest BCUT2D eigenvalue weighted by atomic mass is 9.83. The van der Waals surface area contributed by atoms with Gasteiger partial charge in [0.1, 0.15) is 17.9 Å².